The monoisotopic (exact) mass is 325 g/mol. The number of carbonyl (C=O) groups is 1. The zero-order chi connectivity index (χ0) is 14.0. The van der Waals surface area contributed by atoms with Crippen LogP contribution in [0.4, 0.5) is 5.69 Å². The molecular formula is C12H12BrN3O3. The van der Waals surface area contributed by atoms with E-state index >= 15 is 0 Å². The number of halogens is 1. The zero-order valence-electron chi connectivity index (χ0n) is 10.0. The first-order chi connectivity index (χ1) is 8.97. The van der Waals surface area contributed by atoms with Gasteiger partial charge in [0.25, 0.3) is 0 Å². The van der Waals surface area contributed by atoms with Crippen molar-refractivity contribution in [3.8, 4) is 5.88 Å². The number of imidazole rings is 1. The van der Waals surface area contributed by atoms with Crippen molar-refractivity contribution in [2.75, 3.05) is 5.32 Å². The van der Waals surface area contributed by atoms with Gasteiger partial charge in [0.15, 0.2) is 0 Å². The fourth-order valence-electron chi connectivity index (χ4n) is 1.68. The van der Waals surface area contributed by atoms with Gasteiger partial charge in [-0.05, 0) is 17.7 Å². The summed E-state index contributed by atoms with van der Waals surface area (Å²) in [5, 5.41) is 12.2. The van der Waals surface area contributed by atoms with Crippen LogP contribution in [0.3, 0.4) is 0 Å². The summed E-state index contributed by atoms with van der Waals surface area (Å²) in [6, 6.07) is 7.06. The van der Waals surface area contributed by atoms with E-state index in [1.807, 2.05) is 0 Å². The van der Waals surface area contributed by atoms with Crippen LogP contribution in [0.5, 0.6) is 5.88 Å². The third-order valence-electron chi connectivity index (χ3n) is 2.51. The fraction of sp³-hybridized carbons (Fsp3) is 0.167. The van der Waals surface area contributed by atoms with Crippen LogP contribution in [0.15, 0.2) is 29.1 Å². The van der Waals surface area contributed by atoms with Gasteiger partial charge in [0.2, 0.25) is 11.8 Å². The summed E-state index contributed by atoms with van der Waals surface area (Å²) in [6.45, 7) is 1.43. The van der Waals surface area contributed by atoms with Crippen LogP contribution in [0, 0.1) is 0 Å². The van der Waals surface area contributed by atoms with Gasteiger partial charge < -0.3 is 15.4 Å². The van der Waals surface area contributed by atoms with Gasteiger partial charge in [-0.1, -0.05) is 28.1 Å². The van der Waals surface area contributed by atoms with Crippen molar-refractivity contribution in [1.29, 1.82) is 0 Å². The quantitative estimate of drug-likeness (QED) is 0.648. The second-order valence-corrected chi connectivity index (χ2v) is 4.92. The zero-order valence-corrected chi connectivity index (χ0v) is 11.6. The molecule has 1 heterocycles. The third-order valence-corrected chi connectivity index (χ3v) is 3.50. The molecule has 0 radical (unpaired) electrons. The van der Waals surface area contributed by atoms with Crippen molar-refractivity contribution in [2.24, 2.45) is 0 Å². The van der Waals surface area contributed by atoms with E-state index in [-0.39, 0.29) is 16.6 Å². The Morgan fingerprint density at radius 1 is 1.32 bits per heavy atom. The number of nitrogens with one attached hydrogen (secondary N) is 3. The van der Waals surface area contributed by atoms with Crippen LogP contribution in [0.2, 0.25) is 0 Å². The highest BCUT2D eigenvalue weighted by molar-refractivity contribution is 9.09. The molecule has 0 spiro atoms. The summed E-state index contributed by atoms with van der Waals surface area (Å²) < 4.78 is 0. The molecule has 1 amide bonds. The second-order valence-electron chi connectivity index (χ2n) is 4.01. The Kier molecular flexibility index (Phi) is 3.75. The van der Waals surface area contributed by atoms with Crippen LogP contribution in [0.1, 0.15) is 23.0 Å². The first-order valence-electron chi connectivity index (χ1n) is 5.50. The molecule has 0 aliphatic carbocycles. The van der Waals surface area contributed by atoms with Crippen LogP contribution in [-0.4, -0.2) is 21.0 Å². The number of anilines is 1. The van der Waals surface area contributed by atoms with Crippen LogP contribution < -0.4 is 11.0 Å². The number of aromatic nitrogens is 2. The Hall–Kier alpha value is -2.02. The van der Waals surface area contributed by atoms with Crippen LogP contribution in [-0.2, 0) is 4.79 Å². The minimum absolute atomic E-state index is 0.143. The van der Waals surface area contributed by atoms with Crippen LogP contribution in [0.25, 0.3) is 0 Å². The molecule has 100 valence electrons. The molecule has 7 heteroatoms. The molecule has 1 aromatic carbocycles. The highest BCUT2D eigenvalue weighted by Crippen LogP contribution is 2.33. The molecule has 2 aromatic rings. The number of benzene rings is 1. The minimum atomic E-state index is -0.466. The van der Waals surface area contributed by atoms with Gasteiger partial charge in [0.05, 0.1) is 10.5 Å². The van der Waals surface area contributed by atoms with E-state index in [4.69, 9.17) is 0 Å². The number of aromatic hydroxyl groups is 1. The summed E-state index contributed by atoms with van der Waals surface area (Å²) in [7, 11) is 0. The Labute approximate surface area is 117 Å². The first-order valence-corrected chi connectivity index (χ1v) is 6.41. The number of aromatic amines is 2. The van der Waals surface area contributed by atoms with Gasteiger partial charge in [-0.15, -0.1) is 0 Å². The van der Waals surface area contributed by atoms with E-state index in [2.05, 4.69) is 31.2 Å². The van der Waals surface area contributed by atoms with Gasteiger partial charge in [0, 0.05) is 12.6 Å². The largest absolute Gasteiger partial charge is 0.493 e. The van der Waals surface area contributed by atoms with Crippen molar-refractivity contribution >= 4 is 27.5 Å². The molecule has 0 aliphatic rings. The van der Waals surface area contributed by atoms with Gasteiger partial charge in [-0.25, -0.2) is 4.79 Å². The summed E-state index contributed by atoms with van der Waals surface area (Å²) in [4.78, 5) is 26.4. The number of hydrogen-bond donors (Lipinski definition) is 4. The number of hydrogen-bond acceptors (Lipinski definition) is 3. The number of rotatable bonds is 3. The lowest BCUT2D eigenvalue weighted by Gasteiger charge is -2.09. The summed E-state index contributed by atoms with van der Waals surface area (Å²) >= 11 is 3.40. The van der Waals surface area contributed by atoms with E-state index in [1.54, 1.807) is 24.3 Å². The Morgan fingerprint density at radius 3 is 2.42 bits per heavy atom. The van der Waals surface area contributed by atoms with Crippen molar-refractivity contribution in [1.82, 2.24) is 9.97 Å². The first kappa shape index (κ1) is 13.4. The minimum Gasteiger partial charge on any atom is -0.493 e. The number of H-pyrrole nitrogens is 2. The van der Waals surface area contributed by atoms with Crippen molar-refractivity contribution < 1.29 is 9.90 Å². The van der Waals surface area contributed by atoms with Gasteiger partial charge in [0.1, 0.15) is 0 Å². The van der Waals surface area contributed by atoms with E-state index < -0.39 is 5.69 Å². The average molecular weight is 326 g/mol. The molecular weight excluding hydrogens is 314 g/mol. The summed E-state index contributed by atoms with van der Waals surface area (Å²) in [5.41, 5.74) is 1.41. The standard InChI is InChI=1S/C12H12BrN3O3/c1-6(17)14-8-4-2-7(3-5-8)9(13)10-11(18)16-12(19)15-10/h2-5,9,18H,1H3,(H,14,17)(H2,15,16,19). The lowest BCUT2D eigenvalue weighted by atomic mass is 10.1. The molecule has 6 nitrogen and oxygen atoms in total. The van der Waals surface area contributed by atoms with E-state index in [0.29, 0.717) is 11.4 Å². The van der Waals surface area contributed by atoms with Crippen molar-refractivity contribution in [3.63, 3.8) is 0 Å². The van der Waals surface area contributed by atoms with Crippen LogP contribution >= 0.6 is 15.9 Å². The van der Waals surface area contributed by atoms with Crippen molar-refractivity contribution in [2.45, 2.75) is 11.8 Å². The molecule has 0 bridgehead atoms. The van der Waals surface area contributed by atoms with Crippen molar-refractivity contribution in [3.05, 3.63) is 46.0 Å². The predicted octanol–water partition coefficient (Wildman–Crippen LogP) is 1.85. The maximum Gasteiger partial charge on any atom is 0.326 e. The number of carbonyl (C=O) groups excluding carboxylic acids is 1. The smallest absolute Gasteiger partial charge is 0.326 e. The molecule has 1 unspecified atom stereocenters. The fourth-order valence-corrected chi connectivity index (χ4v) is 2.31. The Balaban J connectivity index is 2.24. The molecule has 2 rings (SSSR count). The molecule has 19 heavy (non-hydrogen) atoms. The normalized spacial score (nSPS) is 12.1. The molecule has 4 N–H and O–H groups in total. The molecule has 1 aromatic heterocycles. The molecule has 0 aliphatic heterocycles. The lowest BCUT2D eigenvalue weighted by molar-refractivity contribution is -0.114. The van der Waals surface area contributed by atoms with Gasteiger partial charge in [-0.3, -0.25) is 9.78 Å². The molecule has 0 saturated heterocycles. The maximum atomic E-state index is 11.1. The summed E-state index contributed by atoms with van der Waals surface area (Å²) in [5.74, 6) is -0.339. The number of alkyl halides is 1. The average Bonchev–Trinajstić information content (AvgIpc) is 2.68. The Morgan fingerprint density at radius 2 is 1.95 bits per heavy atom. The van der Waals surface area contributed by atoms with Gasteiger partial charge in [-0.2, -0.15) is 0 Å². The maximum absolute atomic E-state index is 11.1. The third kappa shape index (κ3) is 3.05. The lowest BCUT2D eigenvalue weighted by Crippen LogP contribution is -2.06. The predicted molar refractivity (Wildman–Crippen MR) is 74.6 cm³/mol. The molecule has 0 saturated carbocycles. The van der Waals surface area contributed by atoms with E-state index in [0.717, 1.165) is 5.56 Å². The highest BCUT2D eigenvalue weighted by Gasteiger charge is 2.17. The molecule has 0 fully saturated rings. The SMILES string of the molecule is CC(=O)Nc1ccc(C(Br)c2[nH]c(=O)[nH]c2O)cc1. The van der Waals surface area contributed by atoms with E-state index in [9.17, 15) is 14.7 Å². The van der Waals surface area contributed by atoms with Gasteiger partial charge >= 0.3 is 5.69 Å². The Bertz CT molecular complexity index is 645. The number of amides is 1. The van der Waals surface area contributed by atoms with E-state index in [1.165, 1.54) is 6.92 Å². The summed E-state index contributed by atoms with van der Waals surface area (Å²) in [6.07, 6.45) is 0. The second kappa shape index (κ2) is 5.31. The highest BCUT2D eigenvalue weighted by atomic mass is 79.9. The topological polar surface area (TPSA) is 98.0 Å². The molecule has 1 atom stereocenters.